The van der Waals surface area contributed by atoms with Gasteiger partial charge in [0.2, 0.25) is 0 Å². The molecule has 5 nitrogen and oxygen atoms in total. The maximum atomic E-state index is 12.8. The third-order valence-electron chi connectivity index (χ3n) is 4.20. The van der Waals surface area contributed by atoms with E-state index in [0.29, 0.717) is 16.9 Å². The van der Waals surface area contributed by atoms with Gasteiger partial charge in [-0.2, -0.15) is 0 Å². The van der Waals surface area contributed by atoms with Crippen molar-refractivity contribution in [2.75, 3.05) is 16.7 Å². The summed E-state index contributed by atoms with van der Waals surface area (Å²) in [7, 11) is -2.16. The minimum atomic E-state index is -3.67. The zero-order valence-corrected chi connectivity index (χ0v) is 15.9. The van der Waals surface area contributed by atoms with Crippen LogP contribution in [0.1, 0.15) is 15.9 Å². The van der Waals surface area contributed by atoms with Crippen LogP contribution in [0.3, 0.4) is 0 Å². The second-order valence-corrected chi connectivity index (χ2v) is 8.12. The van der Waals surface area contributed by atoms with E-state index in [9.17, 15) is 13.2 Å². The van der Waals surface area contributed by atoms with Gasteiger partial charge in [-0.05, 0) is 55.5 Å². The molecule has 0 bridgehead atoms. The van der Waals surface area contributed by atoms with Crippen LogP contribution in [0.25, 0.3) is 0 Å². The van der Waals surface area contributed by atoms with Crippen molar-refractivity contribution in [1.82, 2.24) is 0 Å². The molecule has 138 valence electrons. The lowest BCUT2D eigenvalue weighted by atomic mass is 10.1. The molecule has 27 heavy (non-hydrogen) atoms. The number of nitrogens with zero attached hydrogens (tertiary/aromatic N) is 1. The molecule has 1 N–H and O–H groups in total. The molecular weight excluding hydrogens is 360 g/mol. The predicted molar refractivity (Wildman–Crippen MR) is 108 cm³/mol. The Kier molecular flexibility index (Phi) is 5.28. The number of rotatable bonds is 5. The zero-order valence-electron chi connectivity index (χ0n) is 15.1. The molecule has 3 aromatic carbocycles. The van der Waals surface area contributed by atoms with Crippen molar-refractivity contribution in [3.8, 4) is 0 Å². The first-order valence-electron chi connectivity index (χ1n) is 8.40. The average Bonchev–Trinajstić information content (AvgIpc) is 2.69. The van der Waals surface area contributed by atoms with Gasteiger partial charge in [0.15, 0.2) is 0 Å². The van der Waals surface area contributed by atoms with E-state index in [-0.39, 0.29) is 10.8 Å². The maximum absolute atomic E-state index is 12.8. The third kappa shape index (κ3) is 4.17. The number of carbonyl (C=O) groups excluding carboxylic acids is 1. The first-order valence-corrected chi connectivity index (χ1v) is 9.84. The molecule has 0 unspecified atom stereocenters. The van der Waals surface area contributed by atoms with Gasteiger partial charge in [0.1, 0.15) is 0 Å². The second kappa shape index (κ2) is 7.63. The van der Waals surface area contributed by atoms with Gasteiger partial charge in [-0.1, -0.05) is 35.9 Å². The fraction of sp³-hybridized carbons (Fsp3) is 0.0952. The monoisotopic (exact) mass is 380 g/mol. The molecule has 0 spiro atoms. The van der Waals surface area contributed by atoms with Crippen molar-refractivity contribution in [3.63, 3.8) is 0 Å². The quantitative estimate of drug-likeness (QED) is 0.725. The highest BCUT2D eigenvalue weighted by Crippen LogP contribution is 2.23. The van der Waals surface area contributed by atoms with Gasteiger partial charge in [0.05, 0.1) is 10.6 Å². The van der Waals surface area contributed by atoms with E-state index in [1.807, 2.05) is 25.1 Å². The van der Waals surface area contributed by atoms with Gasteiger partial charge in [-0.15, -0.1) is 0 Å². The minimum absolute atomic E-state index is 0.155. The highest BCUT2D eigenvalue weighted by atomic mass is 32.2. The smallest absolute Gasteiger partial charge is 0.264 e. The van der Waals surface area contributed by atoms with Gasteiger partial charge in [0, 0.05) is 18.3 Å². The molecule has 0 aliphatic heterocycles. The largest absolute Gasteiger partial charge is 0.322 e. The number of amides is 1. The van der Waals surface area contributed by atoms with Crippen molar-refractivity contribution < 1.29 is 13.2 Å². The van der Waals surface area contributed by atoms with Crippen molar-refractivity contribution in [2.45, 2.75) is 11.8 Å². The van der Waals surface area contributed by atoms with E-state index in [0.717, 1.165) is 5.56 Å². The molecule has 0 heterocycles. The lowest BCUT2D eigenvalue weighted by Gasteiger charge is -2.19. The molecule has 0 radical (unpaired) electrons. The summed E-state index contributed by atoms with van der Waals surface area (Å²) < 4.78 is 26.7. The molecule has 0 aliphatic carbocycles. The summed E-state index contributed by atoms with van der Waals surface area (Å²) in [6.45, 7) is 1.95. The van der Waals surface area contributed by atoms with Crippen LogP contribution in [0, 0.1) is 6.92 Å². The van der Waals surface area contributed by atoms with Gasteiger partial charge < -0.3 is 5.32 Å². The Balaban J connectivity index is 1.76. The van der Waals surface area contributed by atoms with Crippen LogP contribution in [0.4, 0.5) is 11.4 Å². The summed E-state index contributed by atoms with van der Waals surface area (Å²) in [4.78, 5) is 12.4. The highest BCUT2D eigenvalue weighted by Gasteiger charge is 2.21. The van der Waals surface area contributed by atoms with Crippen LogP contribution in [-0.4, -0.2) is 21.4 Å². The van der Waals surface area contributed by atoms with E-state index >= 15 is 0 Å². The Morgan fingerprint density at radius 1 is 0.852 bits per heavy atom. The summed E-state index contributed by atoms with van der Waals surface area (Å²) in [5.74, 6) is -0.244. The van der Waals surface area contributed by atoms with Crippen LogP contribution < -0.4 is 9.62 Å². The average molecular weight is 380 g/mol. The Bertz CT molecular complexity index is 1030. The SMILES string of the molecule is Cc1ccc(C(=O)Nc2ccc(S(=O)(=O)N(C)c3ccccc3)cc2)cc1. The molecule has 0 aliphatic rings. The molecule has 0 fully saturated rings. The summed E-state index contributed by atoms with van der Waals surface area (Å²) in [5.41, 5.74) is 2.72. The Morgan fingerprint density at radius 2 is 1.44 bits per heavy atom. The fourth-order valence-corrected chi connectivity index (χ4v) is 3.75. The topological polar surface area (TPSA) is 66.5 Å². The molecule has 0 aromatic heterocycles. The van der Waals surface area contributed by atoms with E-state index in [1.165, 1.54) is 23.5 Å². The number of hydrogen-bond acceptors (Lipinski definition) is 3. The third-order valence-corrected chi connectivity index (χ3v) is 6.00. The molecule has 6 heteroatoms. The number of nitrogens with one attached hydrogen (secondary N) is 1. The minimum Gasteiger partial charge on any atom is -0.322 e. The van der Waals surface area contributed by atoms with E-state index in [4.69, 9.17) is 0 Å². The standard InChI is InChI=1S/C21H20N2O3S/c1-16-8-10-17(11-9-16)21(24)22-18-12-14-20(15-13-18)27(25,26)23(2)19-6-4-3-5-7-19/h3-15H,1-2H3,(H,22,24). The number of anilines is 2. The number of sulfonamides is 1. The number of para-hydroxylation sites is 1. The molecule has 3 rings (SSSR count). The number of carbonyl (C=O) groups is 1. The summed E-state index contributed by atoms with van der Waals surface area (Å²) in [5, 5.41) is 2.77. The van der Waals surface area contributed by atoms with Crippen molar-refractivity contribution >= 4 is 27.3 Å². The normalized spacial score (nSPS) is 11.0. The van der Waals surface area contributed by atoms with Crippen LogP contribution in [0.5, 0.6) is 0 Å². The lowest BCUT2D eigenvalue weighted by molar-refractivity contribution is 0.102. The first kappa shape index (κ1) is 18.7. The highest BCUT2D eigenvalue weighted by molar-refractivity contribution is 7.92. The maximum Gasteiger partial charge on any atom is 0.264 e. The molecule has 3 aromatic rings. The number of benzene rings is 3. The lowest BCUT2D eigenvalue weighted by Crippen LogP contribution is -2.26. The Labute approximate surface area is 159 Å². The van der Waals surface area contributed by atoms with Crippen molar-refractivity contribution in [1.29, 1.82) is 0 Å². The van der Waals surface area contributed by atoms with Crippen LogP contribution in [-0.2, 0) is 10.0 Å². The molecule has 0 atom stereocenters. The van der Waals surface area contributed by atoms with Crippen LogP contribution >= 0.6 is 0 Å². The summed E-state index contributed by atoms with van der Waals surface area (Å²) in [6, 6.07) is 22.2. The van der Waals surface area contributed by atoms with Crippen LogP contribution in [0.15, 0.2) is 83.8 Å². The first-order chi connectivity index (χ1) is 12.9. The molecule has 0 saturated carbocycles. The number of aryl methyl sites for hydroxylation is 1. The zero-order chi connectivity index (χ0) is 19.4. The number of hydrogen-bond donors (Lipinski definition) is 1. The van der Waals surface area contributed by atoms with Gasteiger partial charge in [-0.25, -0.2) is 8.42 Å². The van der Waals surface area contributed by atoms with E-state index < -0.39 is 10.0 Å². The van der Waals surface area contributed by atoms with Gasteiger partial charge in [0.25, 0.3) is 15.9 Å². The summed E-state index contributed by atoms with van der Waals surface area (Å²) >= 11 is 0. The summed E-state index contributed by atoms with van der Waals surface area (Å²) in [6.07, 6.45) is 0. The fourth-order valence-electron chi connectivity index (χ4n) is 2.55. The van der Waals surface area contributed by atoms with E-state index in [2.05, 4.69) is 5.32 Å². The molecular formula is C21H20N2O3S. The molecule has 1 amide bonds. The molecule has 0 saturated heterocycles. The van der Waals surface area contributed by atoms with Crippen LogP contribution in [0.2, 0.25) is 0 Å². The Morgan fingerprint density at radius 3 is 2.04 bits per heavy atom. The van der Waals surface area contributed by atoms with E-state index in [1.54, 1.807) is 48.5 Å². The van der Waals surface area contributed by atoms with Gasteiger partial charge >= 0.3 is 0 Å². The predicted octanol–water partition coefficient (Wildman–Crippen LogP) is 4.07. The second-order valence-electron chi connectivity index (χ2n) is 6.15. The van der Waals surface area contributed by atoms with Gasteiger partial charge in [-0.3, -0.25) is 9.10 Å². The van der Waals surface area contributed by atoms with Crippen molar-refractivity contribution in [2.24, 2.45) is 0 Å². The Hall–Kier alpha value is -3.12. The van der Waals surface area contributed by atoms with Crippen molar-refractivity contribution in [3.05, 3.63) is 90.0 Å².